The molecule has 0 aliphatic carbocycles. The lowest BCUT2D eigenvalue weighted by molar-refractivity contribution is 0.111. The minimum Gasteiger partial charge on any atom is -0.490 e. The molecule has 0 unspecified atom stereocenters. The van der Waals surface area contributed by atoms with Crippen molar-refractivity contribution in [2.24, 2.45) is 0 Å². The van der Waals surface area contributed by atoms with Crippen molar-refractivity contribution in [3.63, 3.8) is 0 Å². The molecule has 4 heteroatoms. The van der Waals surface area contributed by atoms with E-state index in [4.69, 9.17) is 21.1 Å². The van der Waals surface area contributed by atoms with Crippen LogP contribution in [0, 0.1) is 0 Å². The second-order valence-electron chi connectivity index (χ2n) is 2.97. The van der Waals surface area contributed by atoms with Crippen LogP contribution in [-0.4, -0.2) is 19.5 Å². The molecule has 0 saturated carbocycles. The molecule has 0 aromatic heterocycles. The molecule has 0 fully saturated rings. The Kier molecular flexibility index (Phi) is 4.86. The molecule has 86 valence electrons. The maximum absolute atomic E-state index is 10.9. The van der Waals surface area contributed by atoms with Crippen LogP contribution >= 0.6 is 11.6 Å². The SMILES string of the molecule is C=CCOc1c(C=O)cc(Cl)cc1OCC. The van der Waals surface area contributed by atoms with Gasteiger partial charge in [-0.3, -0.25) is 4.79 Å². The van der Waals surface area contributed by atoms with Gasteiger partial charge in [0.05, 0.1) is 12.2 Å². The number of ether oxygens (including phenoxy) is 2. The molecule has 0 atom stereocenters. The number of carbonyl (C=O) groups is 1. The van der Waals surface area contributed by atoms with Crippen LogP contribution in [0.1, 0.15) is 17.3 Å². The van der Waals surface area contributed by atoms with E-state index < -0.39 is 0 Å². The molecular weight excluding hydrogens is 228 g/mol. The zero-order chi connectivity index (χ0) is 12.0. The third-order valence-electron chi connectivity index (χ3n) is 1.82. The van der Waals surface area contributed by atoms with E-state index in [2.05, 4.69) is 6.58 Å². The van der Waals surface area contributed by atoms with E-state index in [0.717, 1.165) is 0 Å². The van der Waals surface area contributed by atoms with E-state index in [1.54, 1.807) is 12.1 Å². The van der Waals surface area contributed by atoms with E-state index in [1.807, 2.05) is 6.92 Å². The van der Waals surface area contributed by atoms with E-state index in [1.165, 1.54) is 6.07 Å². The smallest absolute Gasteiger partial charge is 0.172 e. The summed E-state index contributed by atoms with van der Waals surface area (Å²) in [5.41, 5.74) is 0.373. The Morgan fingerprint density at radius 2 is 2.19 bits per heavy atom. The Bertz CT molecular complexity index is 388. The molecule has 0 aliphatic heterocycles. The molecule has 1 rings (SSSR count). The second kappa shape index (κ2) is 6.18. The quantitative estimate of drug-likeness (QED) is 0.566. The fraction of sp³-hybridized carbons (Fsp3) is 0.250. The highest BCUT2D eigenvalue weighted by Gasteiger charge is 2.12. The first-order valence-electron chi connectivity index (χ1n) is 4.88. The molecule has 0 N–H and O–H groups in total. The summed E-state index contributed by atoms with van der Waals surface area (Å²) < 4.78 is 10.7. The lowest BCUT2D eigenvalue weighted by Gasteiger charge is -2.13. The molecule has 0 radical (unpaired) electrons. The number of halogens is 1. The van der Waals surface area contributed by atoms with Crippen molar-refractivity contribution >= 4 is 17.9 Å². The van der Waals surface area contributed by atoms with Crippen LogP contribution in [0.4, 0.5) is 0 Å². The number of hydrogen-bond donors (Lipinski definition) is 0. The first-order valence-corrected chi connectivity index (χ1v) is 5.26. The Morgan fingerprint density at radius 3 is 2.75 bits per heavy atom. The summed E-state index contributed by atoms with van der Waals surface area (Å²) >= 11 is 5.86. The summed E-state index contributed by atoms with van der Waals surface area (Å²) in [4.78, 5) is 10.9. The van der Waals surface area contributed by atoms with Crippen molar-refractivity contribution in [3.05, 3.63) is 35.4 Å². The predicted molar refractivity (Wildman–Crippen MR) is 63.7 cm³/mol. The third-order valence-corrected chi connectivity index (χ3v) is 2.04. The third kappa shape index (κ3) is 3.00. The Hall–Kier alpha value is -1.48. The zero-order valence-corrected chi connectivity index (χ0v) is 9.79. The van der Waals surface area contributed by atoms with Gasteiger partial charge >= 0.3 is 0 Å². The average Bonchev–Trinajstić information content (AvgIpc) is 2.27. The van der Waals surface area contributed by atoms with Crippen LogP contribution in [0.2, 0.25) is 5.02 Å². The van der Waals surface area contributed by atoms with Gasteiger partial charge in [-0.2, -0.15) is 0 Å². The number of hydrogen-bond acceptors (Lipinski definition) is 3. The van der Waals surface area contributed by atoms with Crippen LogP contribution < -0.4 is 9.47 Å². The van der Waals surface area contributed by atoms with Crippen LogP contribution in [0.15, 0.2) is 24.8 Å². The van der Waals surface area contributed by atoms with Crippen molar-refractivity contribution in [3.8, 4) is 11.5 Å². The first kappa shape index (κ1) is 12.6. The molecule has 0 heterocycles. The highest BCUT2D eigenvalue weighted by Crippen LogP contribution is 2.34. The molecule has 0 spiro atoms. The normalized spacial score (nSPS) is 9.62. The molecule has 0 saturated heterocycles. The lowest BCUT2D eigenvalue weighted by atomic mass is 10.2. The molecule has 1 aromatic rings. The molecule has 0 amide bonds. The van der Waals surface area contributed by atoms with E-state index >= 15 is 0 Å². The van der Waals surface area contributed by atoms with E-state index in [9.17, 15) is 4.79 Å². The first-order chi connectivity index (χ1) is 7.72. The van der Waals surface area contributed by atoms with Gasteiger partial charge in [0.25, 0.3) is 0 Å². The highest BCUT2D eigenvalue weighted by atomic mass is 35.5. The van der Waals surface area contributed by atoms with Crippen LogP contribution in [-0.2, 0) is 0 Å². The maximum atomic E-state index is 10.9. The fourth-order valence-corrected chi connectivity index (χ4v) is 1.45. The van der Waals surface area contributed by atoms with Gasteiger partial charge in [-0.15, -0.1) is 0 Å². The van der Waals surface area contributed by atoms with Gasteiger partial charge < -0.3 is 9.47 Å². The highest BCUT2D eigenvalue weighted by molar-refractivity contribution is 6.31. The summed E-state index contributed by atoms with van der Waals surface area (Å²) in [6, 6.07) is 3.16. The Labute approximate surface area is 99.6 Å². The number of carbonyl (C=O) groups excluding carboxylic acids is 1. The number of rotatable bonds is 6. The minimum absolute atomic E-state index is 0.308. The predicted octanol–water partition coefficient (Wildman–Crippen LogP) is 3.12. The monoisotopic (exact) mass is 240 g/mol. The van der Waals surface area contributed by atoms with Gasteiger partial charge in [-0.05, 0) is 13.0 Å². The van der Waals surface area contributed by atoms with E-state index in [-0.39, 0.29) is 0 Å². The molecule has 3 nitrogen and oxygen atoms in total. The molecule has 1 aromatic carbocycles. The standard InChI is InChI=1S/C12H13ClO3/c1-3-5-16-12-9(8-14)6-10(13)7-11(12)15-4-2/h3,6-8H,1,4-5H2,2H3. The number of aldehydes is 1. The second-order valence-corrected chi connectivity index (χ2v) is 3.41. The maximum Gasteiger partial charge on any atom is 0.172 e. The lowest BCUT2D eigenvalue weighted by Crippen LogP contribution is -2.02. The largest absolute Gasteiger partial charge is 0.490 e. The minimum atomic E-state index is 0.308. The van der Waals surface area contributed by atoms with Crippen LogP contribution in [0.3, 0.4) is 0 Å². The van der Waals surface area contributed by atoms with Crippen molar-refractivity contribution in [1.29, 1.82) is 0 Å². The van der Waals surface area contributed by atoms with Crippen molar-refractivity contribution in [2.75, 3.05) is 13.2 Å². The van der Waals surface area contributed by atoms with Gasteiger partial charge in [0, 0.05) is 11.1 Å². The molecule has 0 bridgehead atoms. The van der Waals surface area contributed by atoms with Gasteiger partial charge in [0.1, 0.15) is 6.61 Å². The summed E-state index contributed by atoms with van der Waals surface area (Å²) in [6.07, 6.45) is 2.28. The Balaban J connectivity index is 3.15. The Morgan fingerprint density at radius 1 is 1.44 bits per heavy atom. The summed E-state index contributed by atoms with van der Waals surface area (Å²) in [5, 5.41) is 0.441. The van der Waals surface area contributed by atoms with Crippen molar-refractivity contribution in [2.45, 2.75) is 6.92 Å². The van der Waals surface area contributed by atoms with E-state index in [0.29, 0.717) is 41.6 Å². The topological polar surface area (TPSA) is 35.5 Å². The van der Waals surface area contributed by atoms with Gasteiger partial charge in [-0.25, -0.2) is 0 Å². The van der Waals surface area contributed by atoms with Crippen LogP contribution in [0.5, 0.6) is 11.5 Å². The summed E-state index contributed by atoms with van der Waals surface area (Å²) in [7, 11) is 0. The van der Waals surface area contributed by atoms with Gasteiger partial charge in [-0.1, -0.05) is 24.3 Å². The summed E-state index contributed by atoms with van der Waals surface area (Å²) in [5.74, 6) is 0.875. The molecule has 16 heavy (non-hydrogen) atoms. The molecule has 0 aliphatic rings. The molecular formula is C12H13ClO3. The van der Waals surface area contributed by atoms with Crippen molar-refractivity contribution < 1.29 is 14.3 Å². The van der Waals surface area contributed by atoms with Gasteiger partial charge in [0.2, 0.25) is 0 Å². The average molecular weight is 241 g/mol. The number of benzene rings is 1. The van der Waals surface area contributed by atoms with Crippen molar-refractivity contribution in [1.82, 2.24) is 0 Å². The zero-order valence-electron chi connectivity index (χ0n) is 9.03. The summed E-state index contributed by atoms with van der Waals surface area (Å²) in [6.45, 7) is 6.17. The van der Waals surface area contributed by atoms with Crippen LogP contribution in [0.25, 0.3) is 0 Å². The fourth-order valence-electron chi connectivity index (χ4n) is 1.24. The van der Waals surface area contributed by atoms with Gasteiger partial charge in [0.15, 0.2) is 17.8 Å².